The van der Waals surface area contributed by atoms with Gasteiger partial charge in [0.15, 0.2) is 0 Å². The third-order valence-electron chi connectivity index (χ3n) is 3.98. The van der Waals surface area contributed by atoms with E-state index < -0.39 is 39.7 Å². The maximum Gasteiger partial charge on any atom is 0.372 e. The number of aliphatic carboxylic acids is 1. The van der Waals surface area contributed by atoms with Crippen LogP contribution in [0.15, 0.2) is 18.2 Å². The summed E-state index contributed by atoms with van der Waals surface area (Å²) in [5.74, 6) is -3.34. The molecule has 0 aromatic heterocycles. The first kappa shape index (κ1) is 28.3. The minimum absolute atomic E-state index is 0.0386. The Labute approximate surface area is 193 Å². The summed E-state index contributed by atoms with van der Waals surface area (Å²) in [5, 5.41) is 33.0. The van der Waals surface area contributed by atoms with Crippen LogP contribution in [0.5, 0.6) is 0 Å². The number of carbonyl (C=O) groups excluding carboxylic acids is 2. The molecule has 188 valence electrons. The van der Waals surface area contributed by atoms with Crippen LogP contribution in [0.25, 0.3) is 0 Å². The molecule has 2 N–H and O–H groups in total. The van der Waals surface area contributed by atoms with Gasteiger partial charge in [-0.15, -0.1) is 0 Å². The van der Waals surface area contributed by atoms with Crippen molar-refractivity contribution in [3.63, 3.8) is 0 Å². The summed E-state index contributed by atoms with van der Waals surface area (Å²) in [5.41, 5.74) is -0.631. The number of nitro groups is 2. The number of esters is 1. The number of Topliss-reactive ketones (excluding diaryl/α,β-unsaturated/α-hetero) is 1. The summed E-state index contributed by atoms with van der Waals surface area (Å²) < 4.78 is 20.6. The average molecular weight is 487 g/mol. The van der Waals surface area contributed by atoms with E-state index in [0.29, 0.717) is 0 Å². The Bertz CT molecular complexity index is 861. The van der Waals surface area contributed by atoms with Crippen molar-refractivity contribution in [2.45, 2.75) is 12.8 Å². The molecule has 0 fully saturated rings. The Morgan fingerprint density at radius 2 is 1.44 bits per heavy atom. The highest BCUT2D eigenvalue weighted by Crippen LogP contribution is 2.28. The molecule has 0 aliphatic heterocycles. The van der Waals surface area contributed by atoms with Gasteiger partial charge >= 0.3 is 11.9 Å². The molecule has 0 aliphatic carbocycles. The molecule has 0 unspecified atom stereocenters. The average Bonchev–Trinajstić information content (AvgIpc) is 2.80. The molecule has 34 heavy (non-hydrogen) atoms. The molecule has 0 amide bonds. The Morgan fingerprint density at radius 3 is 2.00 bits per heavy atom. The van der Waals surface area contributed by atoms with Crippen LogP contribution in [0.4, 0.5) is 17.1 Å². The summed E-state index contributed by atoms with van der Waals surface area (Å²) in [6.07, 6.45) is -0.730. The van der Waals surface area contributed by atoms with Gasteiger partial charge < -0.3 is 29.4 Å². The zero-order chi connectivity index (χ0) is 25.3. The van der Waals surface area contributed by atoms with Gasteiger partial charge in [-0.05, 0) is 6.07 Å². The van der Waals surface area contributed by atoms with Gasteiger partial charge in [0.05, 0.1) is 62.0 Å². The van der Waals surface area contributed by atoms with Gasteiger partial charge in [0, 0.05) is 19.0 Å². The molecule has 15 heteroatoms. The molecule has 1 aromatic carbocycles. The van der Waals surface area contributed by atoms with Gasteiger partial charge in [-0.1, -0.05) is 0 Å². The van der Waals surface area contributed by atoms with Crippen molar-refractivity contribution in [1.29, 1.82) is 0 Å². The fourth-order valence-electron chi connectivity index (χ4n) is 2.34. The Balaban J connectivity index is 2.01. The third-order valence-corrected chi connectivity index (χ3v) is 3.98. The molecule has 0 saturated heterocycles. The second kappa shape index (κ2) is 16.0. The zero-order valence-electron chi connectivity index (χ0n) is 18.1. The van der Waals surface area contributed by atoms with Crippen molar-refractivity contribution in [2.24, 2.45) is 0 Å². The third kappa shape index (κ3) is 11.8. The van der Waals surface area contributed by atoms with Crippen molar-refractivity contribution in [3.05, 3.63) is 38.4 Å². The monoisotopic (exact) mass is 487 g/mol. The number of hydrogen-bond acceptors (Lipinski definition) is 12. The Hall–Kier alpha value is -3.69. The van der Waals surface area contributed by atoms with E-state index in [1.165, 1.54) is 12.1 Å². The van der Waals surface area contributed by atoms with Crippen LogP contribution in [-0.4, -0.2) is 85.5 Å². The number of anilines is 1. The predicted molar refractivity (Wildman–Crippen MR) is 114 cm³/mol. The molecule has 0 saturated carbocycles. The van der Waals surface area contributed by atoms with Crippen molar-refractivity contribution in [2.75, 3.05) is 58.1 Å². The van der Waals surface area contributed by atoms with E-state index in [1.807, 2.05) is 0 Å². The van der Waals surface area contributed by atoms with Crippen LogP contribution in [-0.2, 0) is 33.3 Å². The van der Waals surface area contributed by atoms with Gasteiger partial charge in [-0.2, -0.15) is 0 Å². The minimum atomic E-state index is -1.59. The number of ether oxygens (including phenoxy) is 4. The van der Waals surface area contributed by atoms with Crippen molar-refractivity contribution in [3.8, 4) is 0 Å². The number of carbonyl (C=O) groups is 3. The van der Waals surface area contributed by atoms with Crippen molar-refractivity contribution < 1.29 is 48.3 Å². The molecule has 0 bridgehead atoms. The van der Waals surface area contributed by atoms with Crippen LogP contribution < -0.4 is 5.32 Å². The van der Waals surface area contributed by atoms with Crippen LogP contribution in [0.1, 0.15) is 12.8 Å². The second-order valence-corrected chi connectivity index (χ2v) is 6.43. The number of benzene rings is 1. The number of carboxylic acid groups (broad SMARTS) is 1. The van der Waals surface area contributed by atoms with Crippen LogP contribution in [0.2, 0.25) is 0 Å². The summed E-state index contributed by atoms with van der Waals surface area (Å²) in [7, 11) is 0. The van der Waals surface area contributed by atoms with E-state index in [-0.39, 0.29) is 70.6 Å². The zero-order valence-corrected chi connectivity index (χ0v) is 18.1. The van der Waals surface area contributed by atoms with Crippen LogP contribution in [0.3, 0.4) is 0 Å². The molecule has 0 spiro atoms. The quantitative estimate of drug-likeness (QED) is 0.0916. The van der Waals surface area contributed by atoms with Gasteiger partial charge in [-0.25, -0.2) is 4.79 Å². The summed E-state index contributed by atoms with van der Waals surface area (Å²) >= 11 is 0. The molecule has 0 atom stereocenters. The van der Waals surface area contributed by atoms with Crippen molar-refractivity contribution in [1.82, 2.24) is 0 Å². The maximum atomic E-state index is 11.3. The number of hydrogen-bond donors (Lipinski definition) is 2. The first-order valence-electron chi connectivity index (χ1n) is 10.0. The first-order valence-corrected chi connectivity index (χ1v) is 10.0. The summed E-state index contributed by atoms with van der Waals surface area (Å²) in [6.45, 7) is 1.56. The number of nitrogens with one attached hydrogen (secondary N) is 1. The number of rotatable bonds is 19. The van der Waals surface area contributed by atoms with E-state index in [9.17, 15) is 34.6 Å². The number of ketones is 1. The van der Waals surface area contributed by atoms with E-state index in [2.05, 4.69) is 5.32 Å². The SMILES string of the molecule is O=C(CCC(=O)C(=O)O)OCCOCCOCCOCCNc1ccc([N+](=O)[O-])cc1[N+](=O)[O-]. The molecular weight excluding hydrogens is 462 g/mol. The minimum Gasteiger partial charge on any atom is -0.476 e. The lowest BCUT2D eigenvalue weighted by atomic mass is 10.2. The standard InChI is InChI=1S/C19H25N3O12/c23-17(19(25)26)3-4-18(24)34-12-11-33-10-9-32-8-7-31-6-5-20-15-2-1-14(21(27)28)13-16(15)22(29)30/h1-2,13,20H,3-12H2,(H,25,26). The highest BCUT2D eigenvalue weighted by molar-refractivity contribution is 6.32. The highest BCUT2D eigenvalue weighted by Gasteiger charge is 2.19. The van der Waals surface area contributed by atoms with Gasteiger partial charge in [0.1, 0.15) is 12.3 Å². The topological polar surface area (TPSA) is 207 Å². The normalized spacial score (nSPS) is 10.5. The molecule has 0 heterocycles. The van der Waals surface area contributed by atoms with E-state index in [1.54, 1.807) is 0 Å². The number of non-ortho nitro benzene ring substituents is 1. The first-order chi connectivity index (χ1) is 16.2. The number of carboxylic acids is 1. The lowest BCUT2D eigenvalue weighted by Crippen LogP contribution is -2.17. The lowest BCUT2D eigenvalue weighted by molar-refractivity contribution is -0.393. The fourth-order valence-corrected chi connectivity index (χ4v) is 2.34. The Kier molecular flexibility index (Phi) is 13.3. The predicted octanol–water partition coefficient (Wildman–Crippen LogP) is 0.942. The smallest absolute Gasteiger partial charge is 0.372 e. The largest absolute Gasteiger partial charge is 0.476 e. The van der Waals surface area contributed by atoms with Gasteiger partial charge in [0.25, 0.3) is 11.4 Å². The summed E-state index contributed by atoms with van der Waals surface area (Å²) in [6, 6.07) is 3.31. The molecular formula is C19H25N3O12. The molecule has 0 radical (unpaired) electrons. The fraction of sp³-hybridized carbons (Fsp3) is 0.526. The van der Waals surface area contributed by atoms with Crippen molar-refractivity contribution >= 4 is 34.8 Å². The number of nitrogens with zero attached hydrogens (tertiary/aromatic N) is 2. The van der Waals surface area contributed by atoms with Gasteiger partial charge in [0.2, 0.25) is 5.78 Å². The molecule has 15 nitrogen and oxygen atoms in total. The molecule has 0 aliphatic rings. The lowest BCUT2D eigenvalue weighted by Gasteiger charge is -2.09. The maximum absolute atomic E-state index is 11.3. The second-order valence-electron chi connectivity index (χ2n) is 6.43. The Morgan fingerprint density at radius 1 is 0.853 bits per heavy atom. The molecule has 1 aromatic rings. The van der Waals surface area contributed by atoms with E-state index in [0.717, 1.165) is 6.07 Å². The summed E-state index contributed by atoms with van der Waals surface area (Å²) in [4.78, 5) is 52.8. The van der Waals surface area contributed by atoms with Crippen LogP contribution >= 0.6 is 0 Å². The van der Waals surface area contributed by atoms with E-state index in [4.69, 9.17) is 24.1 Å². The van der Waals surface area contributed by atoms with E-state index >= 15 is 0 Å². The van der Waals surface area contributed by atoms with Gasteiger partial charge in [-0.3, -0.25) is 29.8 Å². The highest BCUT2D eigenvalue weighted by atomic mass is 16.6. The van der Waals surface area contributed by atoms with Crippen LogP contribution in [0, 0.1) is 20.2 Å². The molecule has 1 rings (SSSR count). The number of nitro benzene ring substituents is 2.